The van der Waals surface area contributed by atoms with Crippen molar-refractivity contribution < 1.29 is 4.79 Å². The van der Waals surface area contributed by atoms with Crippen LogP contribution < -0.4 is 0 Å². The second-order valence-corrected chi connectivity index (χ2v) is 5.58. The molecule has 70 valence electrons. The molecule has 1 amide bonds. The van der Waals surface area contributed by atoms with Crippen molar-refractivity contribution >= 4 is 33.2 Å². The van der Waals surface area contributed by atoms with Gasteiger partial charge in [-0.2, -0.15) is 0 Å². The van der Waals surface area contributed by atoms with Crippen molar-refractivity contribution in [3.63, 3.8) is 0 Å². The van der Waals surface area contributed by atoms with Gasteiger partial charge in [-0.25, -0.2) is 0 Å². The highest BCUT2D eigenvalue weighted by Crippen LogP contribution is 2.28. The van der Waals surface area contributed by atoms with E-state index in [0.29, 0.717) is 0 Å². The molecule has 0 saturated carbocycles. The van der Waals surface area contributed by atoms with Crippen molar-refractivity contribution in [3.05, 3.63) is 20.3 Å². The van der Waals surface area contributed by atoms with E-state index in [1.807, 2.05) is 17.9 Å². The fraction of sp³-hybridized carbons (Fsp3) is 0.444. The van der Waals surface area contributed by atoms with E-state index in [-0.39, 0.29) is 5.91 Å². The van der Waals surface area contributed by atoms with Crippen LogP contribution in [0, 0.1) is 6.92 Å². The zero-order valence-electron chi connectivity index (χ0n) is 7.34. The normalized spacial score (nSPS) is 15.7. The van der Waals surface area contributed by atoms with Crippen molar-refractivity contribution in [1.29, 1.82) is 0 Å². The molecule has 0 aromatic carbocycles. The highest BCUT2D eigenvalue weighted by molar-refractivity contribution is 9.11. The van der Waals surface area contributed by atoms with Crippen molar-refractivity contribution in [2.45, 2.75) is 13.3 Å². The van der Waals surface area contributed by atoms with Crippen LogP contribution in [0.1, 0.15) is 21.7 Å². The molecule has 0 aliphatic carbocycles. The zero-order chi connectivity index (χ0) is 9.42. The molecule has 1 fully saturated rings. The minimum absolute atomic E-state index is 0.185. The molecule has 13 heavy (non-hydrogen) atoms. The van der Waals surface area contributed by atoms with Crippen LogP contribution in [0.2, 0.25) is 0 Å². The van der Waals surface area contributed by atoms with Crippen LogP contribution in [0.15, 0.2) is 9.85 Å². The number of amides is 1. The number of likely N-dealkylation sites (tertiary alicyclic amines) is 1. The lowest BCUT2D eigenvalue weighted by Crippen LogP contribution is -2.41. The third-order valence-corrected chi connectivity index (χ3v) is 4.34. The van der Waals surface area contributed by atoms with Crippen LogP contribution in [0.4, 0.5) is 0 Å². The molecule has 0 radical (unpaired) electrons. The van der Waals surface area contributed by atoms with E-state index in [2.05, 4.69) is 15.9 Å². The van der Waals surface area contributed by atoms with Gasteiger partial charge < -0.3 is 4.90 Å². The molecule has 4 heteroatoms. The van der Waals surface area contributed by atoms with Gasteiger partial charge in [0.25, 0.3) is 5.91 Å². The number of halogens is 1. The lowest BCUT2D eigenvalue weighted by molar-refractivity contribution is 0.0657. The minimum Gasteiger partial charge on any atom is -0.338 e. The number of aryl methyl sites for hydroxylation is 1. The summed E-state index contributed by atoms with van der Waals surface area (Å²) in [6.45, 7) is 3.86. The summed E-state index contributed by atoms with van der Waals surface area (Å²) in [7, 11) is 0. The third kappa shape index (κ3) is 1.65. The van der Waals surface area contributed by atoms with Crippen LogP contribution >= 0.6 is 27.3 Å². The maximum absolute atomic E-state index is 11.7. The summed E-state index contributed by atoms with van der Waals surface area (Å²) in [5.74, 6) is 0.185. The Morgan fingerprint density at radius 1 is 1.62 bits per heavy atom. The van der Waals surface area contributed by atoms with E-state index in [1.54, 1.807) is 0 Å². The summed E-state index contributed by atoms with van der Waals surface area (Å²) in [6, 6.07) is 1.95. The molecule has 2 heterocycles. The predicted octanol–water partition coefficient (Wildman–Crippen LogP) is 2.66. The molecule has 0 bridgehead atoms. The smallest absolute Gasteiger partial charge is 0.263 e. The van der Waals surface area contributed by atoms with Gasteiger partial charge in [0.2, 0.25) is 0 Å². The van der Waals surface area contributed by atoms with Crippen molar-refractivity contribution in [3.8, 4) is 0 Å². The number of thiophene rings is 1. The predicted molar refractivity (Wildman–Crippen MR) is 57.3 cm³/mol. The van der Waals surface area contributed by atoms with Crippen LogP contribution in [-0.4, -0.2) is 23.9 Å². The van der Waals surface area contributed by atoms with Gasteiger partial charge in [-0.3, -0.25) is 4.79 Å². The first-order valence-electron chi connectivity index (χ1n) is 4.23. The molecule has 0 unspecified atom stereocenters. The molecule has 0 spiro atoms. The first kappa shape index (κ1) is 9.21. The fourth-order valence-corrected chi connectivity index (χ4v) is 2.74. The van der Waals surface area contributed by atoms with Crippen molar-refractivity contribution in [2.24, 2.45) is 0 Å². The van der Waals surface area contributed by atoms with Crippen LogP contribution in [0.5, 0.6) is 0 Å². The van der Waals surface area contributed by atoms with Gasteiger partial charge in [-0.05, 0) is 40.9 Å². The topological polar surface area (TPSA) is 20.3 Å². The Bertz CT molecular complexity index is 324. The van der Waals surface area contributed by atoms with Crippen LogP contribution in [0.3, 0.4) is 0 Å². The van der Waals surface area contributed by atoms with Crippen molar-refractivity contribution in [2.75, 3.05) is 13.1 Å². The van der Waals surface area contributed by atoms with Gasteiger partial charge >= 0.3 is 0 Å². The summed E-state index contributed by atoms with van der Waals surface area (Å²) in [6.07, 6.45) is 1.15. The molecule has 1 saturated heterocycles. The number of hydrogen-bond acceptors (Lipinski definition) is 2. The number of carbonyl (C=O) groups is 1. The highest BCUT2D eigenvalue weighted by Gasteiger charge is 2.23. The molecule has 1 aliphatic rings. The van der Waals surface area contributed by atoms with Gasteiger partial charge in [-0.1, -0.05) is 0 Å². The molecule has 0 atom stereocenters. The van der Waals surface area contributed by atoms with Crippen molar-refractivity contribution in [1.82, 2.24) is 4.90 Å². The highest BCUT2D eigenvalue weighted by atomic mass is 79.9. The summed E-state index contributed by atoms with van der Waals surface area (Å²) >= 11 is 4.95. The van der Waals surface area contributed by atoms with Gasteiger partial charge in [0.1, 0.15) is 0 Å². The molecule has 1 aromatic heterocycles. The Hall–Kier alpha value is -0.350. The fourth-order valence-electron chi connectivity index (χ4n) is 1.24. The largest absolute Gasteiger partial charge is 0.338 e. The maximum Gasteiger partial charge on any atom is 0.263 e. The Balaban J connectivity index is 2.19. The average molecular weight is 260 g/mol. The first-order valence-corrected chi connectivity index (χ1v) is 5.84. The van der Waals surface area contributed by atoms with Crippen LogP contribution in [0.25, 0.3) is 0 Å². The van der Waals surface area contributed by atoms with E-state index in [9.17, 15) is 4.79 Å². The second kappa shape index (κ2) is 3.42. The molecular formula is C9H10BrNOS. The number of nitrogens with zero attached hydrogens (tertiary/aromatic N) is 1. The Labute approximate surface area is 89.7 Å². The summed E-state index contributed by atoms with van der Waals surface area (Å²) < 4.78 is 1.07. The molecular weight excluding hydrogens is 250 g/mol. The van der Waals surface area contributed by atoms with E-state index in [1.165, 1.54) is 11.3 Å². The maximum atomic E-state index is 11.7. The van der Waals surface area contributed by atoms with E-state index in [4.69, 9.17) is 0 Å². The van der Waals surface area contributed by atoms with Gasteiger partial charge in [0.15, 0.2) is 0 Å². The van der Waals surface area contributed by atoms with E-state index < -0.39 is 0 Å². The molecule has 1 aliphatic heterocycles. The Morgan fingerprint density at radius 3 is 2.69 bits per heavy atom. The van der Waals surface area contributed by atoms with Gasteiger partial charge in [0.05, 0.1) is 8.66 Å². The number of hydrogen-bond donors (Lipinski definition) is 0. The molecule has 1 aromatic rings. The molecule has 2 rings (SSSR count). The third-order valence-electron chi connectivity index (χ3n) is 2.21. The summed E-state index contributed by atoms with van der Waals surface area (Å²) in [5.41, 5.74) is 1.15. The summed E-state index contributed by atoms with van der Waals surface area (Å²) in [5, 5.41) is 0. The quantitative estimate of drug-likeness (QED) is 0.760. The zero-order valence-corrected chi connectivity index (χ0v) is 9.74. The SMILES string of the molecule is Cc1cc(C(=O)N2CCC2)sc1Br. The summed E-state index contributed by atoms with van der Waals surface area (Å²) in [4.78, 5) is 14.4. The van der Waals surface area contributed by atoms with Gasteiger partial charge in [0, 0.05) is 13.1 Å². The Morgan fingerprint density at radius 2 is 2.31 bits per heavy atom. The van der Waals surface area contributed by atoms with E-state index >= 15 is 0 Å². The first-order chi connectivity index (χ1) is 6.18. The lowest BCUT2D eigenvalue weighted by Gasteiger charge is -2.30. The monoisotopic (exact) mass is 259 g/mol. The lowest BCUT2D eigenvalue weighted by atomic mass is 10.2. The van der Waals surface area contributed by atoms with Gasteiger partial charge in [-0.15, -0.1) is 11.3 Å². The number of carbonyl (C=O) groups excluding carboxylic acids is 1. The minimum atomic E-state index is 0.185. The van der Waals surface area contributed by atoms with E-state index in [0.717, 1.165) is 33.7 Å². The standard InChI is InChI=1S/C9H10BrNOS/c1-6-5-7(13-8(6)10)9(12)11-3-2-4-11/h5H,2-4H2,1H3. The van der Waals surface area contributed by atoms with Crippen LogP contribution in [-0.2, 0) is 0 Å². The Kier molecular flexibility index (Phi) is 2.43. The number of rotatable bonds is 1. The molecule has 0 N–H and O–H groups in total. The second-order valence-electron chi connectivity index (χ2n) is 3.21. The molecule has 2 nitrogen and oxygen atoms in total. The average Bonchev–Trinajstić information content (AvgIpc) is 2.28.